The smallest absolute Gasteiger partial charge is 0.339 e. The predicted octanol–water partition coefficient (Wildman–Crippen LogP) is 0.397. The standard InChI is InChI=1S/C11H15N3O3/c15-11(16)9-6-12-8-13-10(9)7-14-2-1-4-17-5-3-14/h6,8H,1-5,7H2,(H,15,16). The van der Waals surface area contributed by atoms with E-state index in [1.807, 2.05) is 0 Å². The molecule has 1 aliphatic rings. The summed E-state index contributed by atoms with van der Waals surface area (Å²) in [5.41, 5.74) is 0.743. The Bertz CT molecular complexity index is 389. The Morgan fingerprint density at radius 2 is 2.35 bits per heavy atom. The van der Waals surface area contributed by atoms with Crippen molar-refractivity contribution >= 4 is 5.97 Å². The number of ether oxygens (including phenoxy) is 1. The first kappa shape index (κ1) is 11.9. The van der Waals surface area contributed by atoms with Crippen LogP contribution in [-0.4, -0.2) is 52.2 Å². The molecule has 17 heavy (non-hydrogen) atoms. The molecule has 6 nitrogen and oxygen atoms in total. The Morgan fingerprint density at radius 3 is 3.18 bits per heavy atom. The monoisotopic (exact) mass is 237 g/mol. The van der Waals surface area contributed by atoms with Crippen LogP contribution in [0.2, 0.25) is 0 Å². The Morgan fingerprint density at radius 1 is 1.47 bits per heavy atom. The van der Waals surface area contributed by atoms with Crippen LogP contribution in [0, 0.1) is 0 Å². The molecule has 0 aliphatic carbocycles. The van der Waals surface area contributed by atoms with E-state index in [2.05, 4.69) is 14.9 Å². The molecule has 0 unspecified atom stereocenters. The van der Waals surface area contributed by atoms with Crippen molar-refractivity contribution in [1.82, 2.24) is 14.9 Å². The van der Waals surface area contributed by atoms with Crippen LogP contribution in [0.4, 0.5) is 0 Å². The minimum atomic E-state index is -0.980. The fourth-order valence-corrected chi connectivity index (χ4v) is 1.83. The molecule has 1 aromatic heterocycles. The summed E-state index contributed by atoms with van der Waals surface area (Å²) in [4.78, 5) is 21.0. The van der Waals surface area contributed by atoms with Crippen LogP contribution in [0.25, 0.3) is 0 Å². The molecule has 0 radical (unpaired) electrons. The van der Waals surface area contributed by atoms with Crippen molar-refractivity contribution in [2.24, 2.45) is 0 Å². The van der Waals surface area contributed by atoms with Crippen LogP contribution in [0.5, 0.6) is 0 Å². The molecule has 92 valence electrons. The molecule has 0 amide bonds. The second kappa shape index (κ2) is 5.70. The van der Waals surface area contributed by atoms with E-state index in [0.717, 1.165) is 26.1 Å². The highest BCUT2D eigenvalue weighted by molar-refractivity contribution is 5.88. The molecule has 6 heteroatoms. The number of carboxylic acid groups (broad SMARTS) is 1. The van der Waals surface area contributed by atoms with Gasteiger partial charge < -0.3 is 9.84 Å². The topological polar surface area (TPSA) is 75.5 Å². The molecular weight excluding hydrogens is 222 g/mol. The lowest BCUT2D eigenvalue weighted by Gasteiger charge is -2.18. The van der Waals surface area contributed by atoms with Crippen molar-refractivity contribution in [3.8, 4) is 0 Å². The molecular formula is C11H15N3O3. The molecule has 0 bridgehead atoms. The first-order valence-electron chi connectivity index (χ1n) is 5.59. The van der Waals surface area contributed by atoms with Gasteiger partial charge in [-0.25, -0.2) is 14.8 Å². The first-order chi connectivity index (χ1) is 8.27. The lowest BCUT2D eigenvalue weighted by Crippen LogP contribution is -2.27. The molecule has 0 aromatic carbocycles. The average molecular weight is 237 g/mol. The summed E-state index contributed by atoms with van der Waals surface area (Å²) in [7, 11) is 0. The second-order valence-corrected chi connectivity index (χ2v) is 3.93. The summed E-state index contributed by atoms with van der Waals surface area (Å²) in [6, 6.07) is 0. The molecule has 1 aliphatic heterocycles. The molecule has 1 fully saturated rings. The number of hydrogen-bond donors (Lipinski definition) is 1. The summed E-state index contributed by atoms with van der Waals surface area (Å²) in [6.07, 6.45) is 3.70. The van der Waals surface area contributed by atoms with Crippen LogP contribution in [0.15, 0.2) is 12.5 Å². The van der Waals surface area contributed by atoms with E-state index in [1.54, 1.807) is 0 Å². The molecule has 1 N–H and O–H groups in total. The van der Waals surface area contributed by atoms with Crippen LogP contribution >= 0.6 is 0 Å². The number of rotatable bonds is 3. The van der Waals surface area contributed by atoms with Crippen molar-refractivity contribution in [1.29, 1.82) is 0 Å². The molecule has 0 spiro atoms. The van der Waals surface area contributed by atoms with Gasteiger partial charge in [-0.1, -0.05) is 0 Å². The number of aromatic nitrogens is 2. The van der Waals surface area contributed by atoms with E-state index in [9.17, 15) is 4.79 Å². The average Bonchev–Trinajstić information content (AvgIpc) is 2.58. The van der Waals surface area contributed by atoms with Crippen LogP contribution in [0.3, 0.4) is 0 Å². The van der Waals surface area contributed by atoms with Crippen molar-refractivity contribution in [3.63, 3.8) is 0 Å². The van der Waals surface area contributed by atoms with Gasteiger partial charge in [-0.2, -0.15) is 0 Å². The second-order valence-electron chi connectivity index (χ2n) is 3.93. The number of hydrogen-bond acceptors (Lipinski definition) is 5. The largest absolute Gasteiger partial charge is 0.478 e. The normalized spacial score (nSPS) is 17.6. The Kier molecular flexibility index (Phi) is 4.00. The minimum Gasteiger partial charge on any atom is -0.478 e. The minimum absolute atomic E-state index is 0.178. The van der Waals surface area contributed by atoms with Crippen molar-refractivity contribution in [2.75, 3.05) is 26.3 Å². The first-order valence-corrected chi connectivity index (χ1v) is 5.59. The maximum atomic E-state index is 11.0. The molecule has 1 saturated heterocycles. The van der Waals surface area contributed by atoms with E-state index >= 15 is 0 Å². The maximum absolute atomic E-state index is 11.0. The quantitative estimate of drug-likeness (QED) is 0.820. The van der Waals surface area contributed by atoms with Gasteiger partial charge in [0.2, 0.25) is 0 Å². The van der Waals surface area contributed by atoms with Crippen molar-refractivity contribution in [2.45, 2.75) is 13.0 Å². The highest BCUT2D eigenvalue weighted by atomic mass is 16.5. The van der Waals surface area contributed by atoms with Crippen molar-refractivity contribution in [3.05, 3.63) is 23.8 Å². The number of carboxylic acids is 1. The summed E-state index contributed by atoms with van der Waals surface area (Å²) >= 11 is 0. The van der Waals surface area contributed by atoms with E-state index in [0.29, 0.717) is 18.8 Å². The lowest BCUT2D eigenvalue weighted by atomic mass is 10.2. The van der Waals surface area contributed by atoms with E-state index in [-0.39, 0.29) is 5.56 Å². The van der Waals surface area contributed by atoms with Crippen LogP contribution in [-0.2, 0) is 11.3 Å². The number of carbonyl (C=O) groups is 1. The van der Waals surface area contributed by atoms with Gasteiger partial charge in [0.1, 0.15) is 11.9 Å². The van der Waals surface area contributed by atoms with E-state index < -0.39 is 5.97 Å². The van der Waals surface area contributed by atoms with Gasteiger partial charge >= 0.3 is 5.97 Å². The van der Waals surface area contributed by atoms with Gasteiger partial charge in [0.05, 0.1) is 12.3 Å². The Labute approximate surface area is 99.2 Å². The van der Waals surface area contributed by atoms with Gasteiger partial charge in [-0.3, -0.25) is 4.90 Å². The molecule has 0 atom stereocenters. The zero-order chi connectivity index (χ0) is 12.1. The third kappa shape index (κ3) is 3.21. The van der Waals surface area contributed by atoms with Gasteiger partial charge in [0.25, 0.3) is 0 Å². The highest BCUT2D eigenvalue weighted by Gasteiger charge is 2.16. The van der Waals surface area contributed by atoms with E-state index in [1.165, 1.54) is 12.5 Å². The summed E-state index contributed by atoms with van der Waals surface area (Å²) in [5, 5.41) is 9.03. The predicted molar refractivity (Wildman–Crippen MR) is 59.7 cm³/mol. The van der Waals surface area contributed by atoms with Gasteiger partial charge in [-0.05, 0) is 6.42 Å². The third-order valence-electron chi connectivity index (χ3n) is 2.71. The van der Waals surface area contributed by atoms with Crippen LogP contribution in [0.1, 0.15) is 22.5 Å². The molecule has 1 aromatic rings. The molecule has 2 rings (SSSR count). The van der Waals surface area contributed by atoms with E-state index in [4.69, 9.17) is 9.84 Å². The van der Waals surface area contributed by atoms with Gasteiger partial charge in [-0.15, -0.1) is 0 Å². The fourth-order valence-electron chi connectivity index (χ4n) is 1.83. The zero-order valence-corrected chi connectivity index (χ0v) is 9.50. The fraction of sp³-hybridized carbons (Fsp3) is 0.545. The highest BCUT2D eigenvalue weighted by Crippen LogP contribution is 2.09. The Balaban J connectivity index is 2.09. The molecule has 0 saturated carbocycles. The molecule has 2 heterocycles. The van der Waals surface area contributed by atoms with Crippen molar-refractivity contribution < 1.29 is 14.6 Å². The SMILES string of the molecule is O=C(O)c1cncnc1CN1CCCOCC1. The lowest BCUT2D eigenvalue weighted by molar-refractivity contribution is 0.0693. The van der Waals surface area contributed by atoms with Crippen LogP contribution < -0.4 is 0 Å². The number of aromatic carboxylic acids is 1. The number of nitrogens with zero attached hydrogens (tertiary/aromatic N) is 3. The maximum Gasteiger partial charge on any atom is 0.339 e. The Hall–Kier alpha value is -1.53. The van der Waals surface area contributed by atoms with Gasteiger partial charge in [0.15, 0.2) is 0 Å². The summed E-state index contributed by atoms with van der Waals surface area (Å²) in [5.74, 6) is -0.980. The third-order valence-corrected chi connectivity index (χ3v) is 2.71. The summed E-state index contributed by atoms with van der Waals surface area (Å²) < 4.78 is 5.35. The van der Waals surface area contributed by atoms with Gasteiger partial charge in [0, 0.05) is 32.4 Å². The zero-order valence-electron chi connectivity index (χ0n) is 9.50. The summed E-state index contributed by atoms with van der Waals surface area (Å²) in [6.45, 7) is 3.71.